The quantitative estimate of drug-likeness (QED) is 0.661. The van der Waals surface area contributed by atoms with E-state index < -0.39 is 15.8 Å². The minimum absolute atomic E-state index is 0.0662. The Morgan fingerprint density at radius 1 is 1.40 bits per heavy atom. The highest BCUT2D eigenvalue weighted by Gasteiger charge is 2.18. The summed E-state index contributed by atoms with van der Waals surface area (Å²) in [6.45, 7) is 3.39. The SMILES string of the molecule is CC(C)O/N=C(\C(=O)O)c1ccc(S(C)(=O)=O)c(Cl)c1. The van der Waals surface area contributed by atoms with Gasteiger partial charge in [-0.3, -0.25) is 0 Å². The molecule has 0 aliphatic heterocycles. The molecule has 0 fully saturated rings. The third-order valence-corrected chi connectivity index (χ3v) is 3.74. The highest BCUT2D eigenvalue weighted by molar-refractivity contribution is 7.90. The maximum Gasteiger partial charge on any atom is 0.358 e. The maximum atomic E-state index is 11.4. The first-order valence-electron chi connectivity index (χ1n) is 5.60. The van der Waals surface area contributed by atoms with Crippen LogP contribution < -0.4 is 0 Å². The molecule has 0 saturated heterocycles. The summed E-state index contributed by atoms with van der Waals surface area (Å²) < 4.78 is 22.9. The van der Waals surface area contributed by atoms with E-state index in [1.807, 2.05) is 0 Å². The van der Waals surface area contributed by atoms with Gasteiger partial charge in [0.1, 0.15) is 6.10 Å². The van der Waals surface area contributed by atoms with E-state index >= 15 is 0 Å². The van der Waals surface area contributed by atoms with Gasteiger partial charge in [-0.15, -0.1) is 0 Å². The number of carboxylic acids is 1. The molecule has 0 radical (unpaired) electrons. The van der Waals surface area contributed by atoms with Crippen molar-refractivity contribution in [3.63, 3.8) is 0 Å². The minimum atomic E-state index is -3.47. The second-order valence-corrected chi connectivity index (χ2v) is 6.71. The van der Waals surface area contributed by atoms with Crippen molar-refractivity contribution in [1.82, 2.24) is 0 Å². The number of nitrogens with zero attached hydrogens (tertiary/aromatic N) is 1. The van der Waals surface area contributed by atoms with E-state index in [2.05, 4.69) is 5.16 Å². The van der Waals surface area contributed by atoms with Crippen molar-refractivity contribution >= 4 is 33.1 Å². The summed E-state index contributed by atoms with van der Waals surface area (Å²) >= 11 is 5.86. The molecule has 1 aromatic carbocycles. The minimum Gasteiger partial charge on any atom is -0.476 e. The Hall–Kier alpha value is -1.60. The van der Waals surface area contributed by atoms with Crippen molar-refractivity contribution in [1.29, 1.82) is 0 Å². The molecule has 0 aliphatic carbocycles. The van der Waals surface area contributed by atoms with Crippen LogP contribution in [0.3, 0.4) is 0 Å². The fourth-order valence-electron chi connectivity index (χ4n) is 1.32. The second-order valence-electron chi connectivity index (χ2n) is 4.32. The van der Waals surface area contributed by atoms with Crippen LogP contribution in [0.5, 0.6) is 0 Å². The molecule has 6 nitrogen and oxygen atoms in total. The van der Waals surface area contributed by atoms with Crippen molar-refractivity contribution in [2.24, 2.45) is 5.16 Å². The number of oxime groups is 1. The second kappa shape index (κ2) is 6.23. The Balaban J connectivity index is 3.28. The fourth-order valence-corrected chi connectivity index (χ4v) is 2.65. The Morgan fingerprint density at radius 2 is 2.00 bits per heavy atom. The van der Waals surface area contributed by atoms with E-state index in [1.165, 1.54) is 18.2 Å². The number of halogens is 1. The smallest absolute Gasteiger partial charge is 0.358 e. The lowest BCUT2D eigenvalue weighted by Crippen LogP contribution is -2.16. The monoisotopic (exact) mass is 319 g/mol. The number of rotatable bonds is 5. The van der Waals surface area contributed by atoms with Crippen molar-refractivity contribution < 1.29 is 23.2 Å². The van der Waals surface area contributed by atoms with Gasteiger partial charge in [0.15, 0.2) is 15.5 Å². The predicted octanol–water partition coefficient (Wildman–Crippen LogP) is 1.96. The van der Waals surface area contributed by atoms with E-state index in [0.717, 1.165) is 6.26 Å². The molecule has 1 rings (SSSR count). The van der Waals surface area contributed by atoms with Gasteiger partial charge in [0, 0.05) is 11.8 Å². The molecule has 0 amide bonds. The third-order valence-electron chi connectivity index (χ3n) is 2.16. The normalized spacial score (nSPS) is 12.6. The maximum absolute atomic E-state index is 11.4. The Morgan fingerprint density at radius 3 is 2.40 bits per heavy atom. The standard InChI is InChI=1S/C12H14ClNO5S/c1-7(2)19-14-11(12(15)16)8-4-5-10(9(13)6-8)20(3,17)18/h4-7H,1-3H3,(H,15,16)/b14-11-. The summed E-state index contributed by atoms with van der Waals surface area (Å²) in [7, 11) is -3.47. The van der Waals surface area contributed by atoms with E-state index in [-0.39, 0.29) is 27.3 Å². The van der Waals surface area contributed by atoms with Gasteiger partial charge in [-0.1, -0.05) is 22.8 Å². The molecule has 1 N–H and O–H groups in total. The van der Waals surface area contributed by atoms with Crippen molar-refractivity contribution in [3.05, 3.63) is 28.8 Å². The molecular formula is C12H14ClNO5S. The van der Waals surface area contributed by atoms with Crippen LogP contribution in [0.15, 0.2) is 28.3 Å². The number of hydrogen-bond donors (Lipinski definition) is 1. The average molecular weight is 320 g/mol. The fraction of sp³-hybridized carbons (Fsp3) is 0.333. The van der Waals surface area contributed by atoms with Crippen LogP contribution in [0.1, 0.15) is 19.4 Å². The molecule has 20 heavy (non-hydrogen) atoms. The molecular weight excluding hydrogens is 306 g/mol. The van der Waals surface area contributed by atoms with Gasteiger partial charge in [-0.2, -0.15) is 0 Å². The Labute approximate surface area is 121 Å². The molecule has 8 heteroatoms. The van der Waals surface area contributed by atoms with Crippen molar-refractivity contribution in [2.45, 2.75) is 24.8 Å². The van der Waals surface area contributed by atoms with Crippen molar-refractivity contribution in [3.8, 4) is 0 Å². The molecule has 0 unspecified atom stereocenters. The third kappa shape index (κ3) is 4.21. The lowest BCUT2D eigenvalue weighted by molar-refractivity contribution is -0.129. The van der Waals surface area contributed by atoms with Gasteiger partial charge in [0.25, 0.3) is 0 Å². The summed E-state index contributed by atoms with van der Waals surface area (Å²) in [5.41, 5.74) is -0.184. The topological polar surface area (TPSA) is 93.0 Å². The highest BCUT2D eigenvalue weighted by atomic mass is 35.5. The van der Waals surface area contributed by atoms with Gasteiger partial charge in [0.05, 0.1) is 9.92 Å². The van der Waals surface area contributed by atoms with Crippen LogP contribution in [0.2, 0.25) is 5.02 Å². The average Bonchev–Trinajstić information content (AvgIpc) is 2.26. The molecule has 0 atom stereocenters. The Kier molecular flexibility index (Phi) is 5.13. The van der Waals surface area contributed by atoms with Gasteiger partial charge < -0.3 is 9.94 Å². The zero-order valence-corrected chi connectivity index (χ0v) is 12.7. The number of benzene rings is 1. The van der Waals surface area contributed by atoms with Gasteiger partial charge in [-0.25, -0.2) is 13.2 Å². The molecule has 0 bridgehead atoms. The van der Waals surface area contributed by atoms with E-state index in [9.17, 15) is 13.2 Å². The van der Waals surface area contributed by atoms with Crippen LogP contribution in [-0.4, -0.2) is 37.6 Å². The van der Waals surface area contributed by atoms with Gasteiger partial charge in [-0.05, 0) is 26.0 Å². The molecule has 0 aromatic heterocycles. The zero-order chi connectivity index (χ0) is 15.5. The molecule has 0 heterocycles. The molecule has 0 spiro atoms. The largest absolute Gasteiger partial charge is 0.476 e. The number of sulfone groups is 1. The van der Waals surface area contributed by atoms with Crippen LogP contribution in [0.4, 0.5) is 0 Å². The molecule has 0 saturated carbocycles. The van der Waals surface area contributed by atoms with Crippen LogP contribution in [0.25, 0.3) is 0 Å². The van der Waals surface area contributed by atoms with E-state index in [0.29, 0.717) is 0 Å². The van der Waals surface area contributed by atoms with Gasteiger partial charge in [0.2, 0.25) is 0 Å². The molecule has 1 aromatic rings. The first-order chi connectivity index (χ1) is 9.12. The number of aliphatic carboxylic acids is 1. The lowest BCUT2D eigenvalue weighted by Gasteiger charge is -2.07. The van der Waals surface area contributed by atoms with Crippen molar-refractivity contribution in [2.75, 3.05) is 6.26 Å². The lowest BCUT2D eigenvalue weighted by atomic mass is 10.1. The number of carboxylic acid groups (broad SMARTS) is 1. The van der Waals surface area contributed by atoms with E-state index in [4.69, 9.17) is 21.5 Å². The number of carbonyl (C=O) groups is 1. The predicted molar refractivity (Wildman–Crippen MR) is 75.0 cm³/mol. The van der Waals surface area contributed by atoms with Gasteiger partial charge >= 0.3 is 5.97 Å². The van der Waals surface area contributed by atoms with E-state index in [1.54, 1.807) is 13.8 Å². The number of hydrogen-bond acceptors (Lipinski definition) is 5. The summed E-state index contributed by atoms with van der Waals surface area (Å²) in [6, 6.07) is 3.79. The van der Waals surface area contributed by atoms with Crippen LogP contribution in [-0.2, 0) is 19.5 Å². The summed E-state index contributed by atoms with van der Waals surface area (Å²) in [5, 5.41) is 12.6. The first kappa shape index (κ1) is 16.5. The summed E-state index contributed by atoms with van der Waals surface area (Å²) in [6.07, 6.45) is 0.734. The first-order valence-corrected chi connectivity index (χ1v) is 7.87. The summed E-state index contributed by atoms with van der Waals surface area (Å²) in [4.78, 5) is 16.0. The Bertz CT molecular complexity index is 652. The molecule has 0 aliphatic rings. The van der Waals surface area contributed by atoms with Crippen LogP contribution in [0, 0.1) is 0 Å². The summed E-state index contributed by atoms with van der Waals surface area (Å²) in [5.74, 6) is -1.30. The van der Waals surface area contributed by atoms with Crippen LogP contribution >= 0.6 is 11.6 Å². The highest BCUT2D eigenvalue weighted by Crippen LogP contribution is 2.23. The molecule has 110 valence electrons. The zero-order valence-electron chi connectivity index (χ0n) is 11.1.